The molecular weight excluding hydrogens is 1140 g/mol. The van der Waals surface area contributed by atoms with Crippen LogP contribution in [-0.2, 0) is 46.0 Å². The van der Waals surface area contributed by atoms with E-state index in [0.29, 0.717) is 79.9 Å². The van der Waals surface area contributed by atoms with E-state index in [1.165, 1.54) is 24.3 Å². The lowest BCUT2D eigenvalue weighted by Crippen LogP contribution is -2.51. The summed E-state index contributed by atoms with van der Waals surface area (Å²) in [6.45, 7) is 10.3. The van der Waals surface area contributed by atoms with Gasteiger partial charge in [-0.25, -0.2) is 27.7 Å². The molecule has 7 aromatic rings. The summed E-state index contributed by atoms with van der Waals surface area (Å²) in [5.41, 5.74) is 11.2. The first kappa shape index (κ1) is 64.8. The number of rotatable bonds is 18. The number of aryl methyl sites for hydroxylation is 2. The van der Waals surface area contributed by atoms with E-state index >= 15 is 0 Å². The first-order chi connectivity index (χ1) is 43.2. The van der Waals surface area contributed by atoms with Crippen molar-refractivity contribution in [3.8, 4) is 28.5 Å². The van der Waals surface area contributed by atoms with Crippen molar-refractivity contribution in [3.63, 3.8) is 0 Å². The van der Waals surface area contributed by atoms with Gasteiger partial charge in [-0.15, -0.1) is 10.2 Å². The molecule has 5 aromatic carbocycles. The highest BCUT2D eigenvalue weighted by Gasteiger charge is 2.29. The number of ether oxygens (including phenoxy) is 3. The number of aromatic nitrogens is 8. The SMILES string of the molecule is Cn1nnnc1-c1cccc(NC(=O)N[C@@H](CC(=O)N2CCC[C@@H](Cc3ccc(F)cc3)C2)CN2CCOCC2)c1.Cn1nnnc1-c1cccc(NC(=O)Oc2ccccc2)c1.N[C@@H](CC(=O)N1CCC[C@@H](Cc2ccc(F)cc2)C1)CN1CCOCC1. The number of para-hydroxylation sites is 1. The topological polar surface area (TPSA) is 258 Å². The maximum absolute atomic E-state index is 13.5. The molecule has 4 saturated heterocycles. The zero-order valence-corrected chi connectivity index (χ0v) is 50.5. The van der Waals surface area contributed by atoms with Crippen LogP contribution >= 0.6 is 0 Å². The Morgan fingerprint density at radius 1 is 0.596 bits per heavy atom. The first-order valence-electron chi connectivity index (χ1n) is 30.4. The van der Waals surface area contributed by atoms with Crippen LogP contribution in [0.15, 0.2) is 127 Å². The van der Waals surface area contributed by atoms with Gasteiger partial charge in [0.15, 0.2) is 11.6 Å². The van der Waals surface area contributed by atoms with Gasteiger partial charge in [0.2, 0.25) is 11.8 Å². The van der Waals surface area contributed by atoms with Crippen molar-refractivity contribution in [1.29, 1.82) is 0 Å². The number of hydrogen-bond donors (Lipinski definition) is 4. The molecular formula is C64H80F2N16O7. The van der Waals surface area contributed by atoms with Crippen LogP contribution in [0.25, 0.3) is 22.8 Å². The third-order valence-corrected chi connectivity index (χ3v) is 15.9. The number of nitrogens with two attached hydrogens (primary N) is 1. The summed E-state index contributed by atoms with van der Waals surface area (Å²) >= 11 is 0. The fourth-order valence-electron chi connectivity index (χ4n) is 11.5. The number of piperidine rings is 2. The summed E-state index contributed by atoms with van der Waals surface area (Å²) in [4.78, 5) is 59.5. The van der Waals surface area contributed by atoms with E-state index in [1.807, 2.05) is 70.5 Å². The van der Waals surface area contributed by atoms with Crippen molar-refractivity contribution in [2.45, 2.75) is 63.5 Å². The Morgan fingerprint density at radius 3 is 1.57 bits per heavy atom. The van der Waals surface area contributed by atoms with E-state index in [4.69, 9.17) is 19.9 Å². The Balaban J connectivity index is 0.000000169. The molecule has 0 saturated carbocycles. The van der Waals surface area contributed by atoms with Crippen molar-refractivity contribution >= 4 is 35.3 Å². The molecule has 89 heavy (non-hydrogen) atoms. The van der Waals surface area contributed by atoms with Gasteiger partial charge < -0.3 is 40.4 Å². The molecule has 472 valence electrons. The quantitative estimate of drug-likeness (QED) is 0.0685. The van der Waals surface area contributed by atoms with E-state index in [9.17, 15) is 28.0 Å². The molecule has 0 aliphatic carbocycles. The number of halogens is 2. The molecule has 4 aliphatic heterocycles. The maximum atomic E-state index is 13.5. The average Bonchev–Trinajstić information content (AvgIpc) is 4.39. The minimum Gasteiger partial charge on any atom is -0.410 e. The molecule has 6 heterocycles. The molecule has 23 nitrogen and oxygen atoms in total. The van der Waals surface area contributed by atoms with Crippen LogP contribution in [0.1, 0.15) is 49.7 Å². The van der Waals surface area contributed by atoms with Crippen LogP contribution in [0.4, 0.5) is 29.7 Å². The standard InChI is InChI=1S/C29H37FN8O3.C20H30FN3O2.C15H13N5O2/c1-36-28(33-34-35-36)23-5-2-6-25(17-23)31-29(40)32-26(20-37-12-14-41-15-13-37)18-27(39)38-11-3-4-22(19-38)16-21-7-9-24(30)10-8-21;21-18-5-3-16(4-6-18)12-17-2-1-7-24(14-17)20(25)13-19(22)15-23-8-10-26-11-9-23;1-20-14(17-18-19-20)11-6-5-7-12(10-11)16-15(21)22-13-8-3-2-4-9-13/h2,5-10,17,22,26H,3-4,11-16,18-20H2,1H3,(H2,31,32,40);3-6,17,19H,1-2,7-15,22H2;2-10H,1H3,(H,16,21)/t22-,26-;17-,19-;/m00./s1. The van der Waals surface area contributed by atoms with Gasteiger partial charge >= 0.3 is 12.1 Å². The largest absolute Gasteiger partial charge is 0.417 e. The van der Waals surface area contributed by atoms with E-state index in [1.54, 1.807) is 65.9 Å². The van der Waals surface area contributed by atoms with Crippen molar-refractivity contribution < 1.29 is 42.2 Å². The van der Waals surface area contributed by atoms with Gasteiger partial charge in [-0.3, -0.25) is 24.7 Å². The van der Waals surface area contributed by atoms with Crippen LogP contribution in [-0.4, -0.2) is 188 Å². The molecule has 0 unspecified atom stereocenters. The third kappa shape index (κ3) is 20.7. The number of carbonyl (C=O) groups is 4. The van der Waals surface area contributed by atoms with Crippen molar-refractivity contribution in [1.82, 2.24) is 65.3 Å². The Hall–Kier alpha value is -8.62. The van der Waals surface area contributed by atoms with E-state index in [2.05, 4.69) is 56.8 Å². The summed E-state index contributed by atoms with van der Waals surface area (Å²) in [6.07, 6.45) is 5.85. The highest BCUT2D eigenvalue weighted by Crippen LogP contribution is 2.26. The summed E-state index contributed by atoms with van der Waals surface area (Å²) in [5, 5.41) is 31.5. The number of hydrogen-bond acceptors (Lipinski definition) is 16. The summed E-state index contributed by atoms with van der Waals surface area (Å²) in [6, 6.07) is 35.8. The van der Waals surface area contributed by atoms with Crippen molar-refractivity contribution in [2.75, 3.05) is 103 Å². The molecule has 4 aliphatic rings. The maximum Gasteiger partial charge on any atom is 0.417 e. The van der Waals surface area contributed by atoms with Gasteiger partial charge in [0.05, 0.1) is 32.5 Å². The highest BCUT2D eigenvalue weighted by molar-refractivity contribution is 5.91. The Bertz CT molecular complexity index is 3350. The Morgan fingerprint density at radius 2 is 1.08 bits per heavy atom. The summed E-state index contributed by atoms with van der Waals surface area (Å²) in [5.74, 6) is 2.18. The molecule has 11 rings (SSSR count). The lowest BCUT2D eigenvalue weighted by molar-refractivity contribution is -0.134. The fraction of sp³-hybridized carbons (Fsp3) is 0.438. The smallest absolute Gasteiger partial charge is 0.410 e. The highest BCUT2D eigenvalue weighted by atomic mass is 19.1. The number of nitrogens with one attached hydrogen (secondary N) is 3. The van der Waals surface area contributed by atoms with Crippen molar-refractivity contribution in [2.24, 2.45) is 31.7 Å². The Kier molecular flexibility index (Phi) is 24.1. The van der Waals surface area contributed by atoms with E-state index in [-0.39, 0.29) is 48.0 Å². The number of nitrogens with zero attached hydrogens (tertiary/aromatic N) is 12. The molecule has 5 N–H and O–H groups in total. The van der Waals surface area contributed by atoms with Crippen LogP contribution in [0.2, 0.25) is 0 Å². The predicted molar refractivity (Wildman–Crippen MR) is 331 cm³/mol. The number of tetrazole rings is 2. The van der Waals surface area contributed by atoms with Crippen molar-refractivity contribution in [3.05, 3.63) is 150 Å². The number of morpholine rings is 2. The van der Waals surface area contributed by atoms with Crippen LogP contribution < -0.4 is 26.4 Å². The number of amides is 5. The molecule has 0 spiro atoms. The van der Waals surface area contributed by atoms with E-state index in [0.717, 1.165) is 120 Å². The zero-order chi connectivity index (χ0) is 62.3. The second kappa shape index (κ2) is 33.1. The lowest BCUT2D eigenvalue weighted by Gasteiger charge is -2.35. The third-order valence-electron chi connectivity index (χ3n) is 15.9. The predicted octanol–water partition coefficient (Wildman–Crippen LogP) is 6.85. The van der Waals surface area contributed by atoms with Gasteiger partial charge in [-0.2, -0.15) is 0 Å². The number of carbonyl (C=O) groups excluding carboxylic acids is 4. The first-order valence-corrected chi connectivity index (χ1v) is 30.4. The summed E-state index contributed by atoms with van der Waals surface area (Å²) < 4.78 is 45.5. The fourth-order valence-corrected chi connectivity index (χ4v) is 11.5. The van der Waals surface area contributed by atoms with Gasteiger partial charge in [0.25, 0.3) is 0 Å². The van der Waals surface area contributed by atoms with Gasteiger partial charge in [-0.1, -0.05) is 66.7 Å². The van der Waals surface area contributed by atoms with Gasteiger partial charge in [0.1, 0.15) is 17.4 Å². The molecule has 2 aromatic heterocycles. The molecule has 5 amide bonds. The lowest BCUT2D eigenvalue weighted by atomic mass is 9.91. The van der Waals surface area contributed by atoms with E-state index < -0.39 is 6.09 Å². The second-order valence-electron chi connectivity index (χ2n) is 22.9. The molecule has 4 atom stereocenters. The normalized spacial score (nSPS) is 17.8. The number of likely N-dealkylation sites (tertiary alicyclic amines) is 2. The number of benzene rings is 5. The van der Waals surface area contributed by atoms with Crippen LogP contribution in [0.5, 0.6) is 5.75 Å². The minimum absolute atomic E-state index is 0.0316. The molecule has 0 radical (unpaired) electrons. The van der Waals surface area contributed by atoms with Crippen LogP contribution in [0.3, 0.4) is 0 Å². The monoisotopic (exact) mass is 1220 g/mol. The van der Waals surface area contributed by atoms with Gasteiger partial charge in [-0.05, 0) is 143 Å². The average molecular weight is 1220 g/mol. The number of urea groups is 1. The summed E-state index contributed by atoms with van der Waals surface area (Å²) in [7, 11) is 3.50. The number of anilines is 2. The molecule has 25 heteroatoms. The minimum atomic E-state index is -0.556. The Labute approximate surface area is 517 Å². The zero-order valence-electron chi connectivity index (χ0n) is 50.5. The molecule has 4 fully saturated rings. The molecule has 0 bridgehead atoms. The second-order valence-corrected chi connectivity index (χ2v) is 22.9. The van der Waals surface area contributed by atoms with Gasteiger partial charge in [0, 0.05) is 121 Å². The van der Waals surface area contributed by atoms with Crippen LogP contribution in [0, 0.1) is 23.5 Å².